The Balaban J connectivity index is 2.63. The molecule has 1 heterocycles. The van der Waals surface area contributed by atoms with Crippen molar-refractivity contribution < 1.29 is 13.0 Å². The first-order valence-electron chi connectivity index (χ1n) is 5.30. The number of rotatable bonds is 3. The third-order valence-electron chi connectivity index (χ3n) is 2.83. The maximum Gasteiger partial charge on any atom is 0.184 e. The SMILES string of the molecule is CC(Cn1c(=S)[nH]c2ccc(F)c(F)c21)S(C)=O. The summed E-state index contributed by atoms with van der Waals surface area (Å²) in [6, 6.07) is 2.49. The van der Waals surface area contributed by atoms with Gasteiger partial charge in [-0.1, -0.05) is 0 Å². The molecule has 0 aliphatic heterocycles. The summed E-state index contributed by atoms with van der Waals surface area (Å²) >= 11 is 5.08. The maximum atomic E-state index is 13.8. The van der Waals surface area contributed by atoms with Gasteiger partial charge in [0, 0.05) is 28.9 Å². The molecule has 0 aliphatic rings. The van der Waals surface area contributed by atoms with Crippen molar-refractivity contribution in [2.24, 2.45) is 0 Å². The fourth-order valence-electron chi connectivity index (χ4n) is 1.73. The summed E-state index contributed by atoms with van der Waals surface area (Å²) in [6.45, 7) is 2.05. The number of nitrogens with one attached hydrogen (secondary N) is 1. The summed E-state index contributed by atoms with van der Waals surface area (Å²) < 4.78 is 40.1. The number of benzene rings is 1. The van der Waals surface area contributed by atoms with E-state index >= 15 is 0 Å². The van der Waals surface area contributed by atoms with Crippen molar-refractivity contribution in [1.29, 1.82) is 0 Å². The monoisotopic (exact) mass is 290 g/mol. The topological polar surface area (TPSA) is 37.8 Å². The van der Waals surface area contributed by atoms with Crippen molar-refractivity contribution in [2.45, 2.75) is 18.7 Å². The van der Waals surface area contributed by atoms with E-state index in [9.17, 15) is 13.0 Å². The molecular formula is C11H12F2N2OS2. The predicted octanol–water partition coefficient (Wildman–Crippen LogP) is 2.74. The van der Waals surface area contributed by atoms with E-state index in [0.717, 1.165) is 6.07 Å². The van der Waals surface area contributed by atoms with Crippen LogP contribution in [0.4, 0.5) is 8.78 Å². The summed E-state index contributed by atoms with van der Waals surface area (Å²) in [7, 11) is -1.06. The van der Waals surface area contributed by atoms with E-state index in [1.54, 1.807) is 13.2 Å². The molecule has 98 valence electrons. The number of H-pyrrole nitrogens is 1. The quantitative estimate of drug-likeness (QED) is 0.883. The minimum absolute atomic E-state index is 0.0947. The number of aromatic nitrogens is 2. The molecule has 0 saturated heterocycles. The molecule has 2 unspecified atom stereocenters. The molecule has 2 atom stereocenters. The molecular weight excluding hydrogens is 278 g/mol. The maximum absolute atomic E-state index is 13.8. The molecule has 3 nitrogen and oxygen atoms in total. The normalized spacial score (nSPS) is 14.9. The van der Waals surface area contributed by atoms with Crippen molar-refractivity contribution >= 4 is 34.1 Å². The van der Waals surface area contributed by atoms with E-state index in [4.69, 9.17) is 12.2 Å². The standard InChI is InChI=1S/C11H12F2N2OS2/c1-6(18(2)16)5-15-10-8(14-11(15)17)4-3-7(12)9(10)13/h3-4,6H,5H2,1-2H3,(H,14,17). The van der Waals surface area contributed by atoms with Gasteiger partial charge in [0.2, 0.25) is 0 Å². The van der Waals surface area contributed by atoms with Crippen LogP contribution in [0.25, 0.3) is 11.0 Å². The van der Waals surface area contributed by atoms with Crippen molar-refractivity contribution in [3.8, 4) is 0 Å². The van der Waals surface area contributed by atoms with E-state index in [1.807, 2.05) is 0 Å². The molecule has 0 aliphatic carbocycles. The Bertz CT molecular complexity index is 677. The highest BCUT2D eigenvalue weighted by molar-refractivity contribution is 7.84. The minimum Gasteiger partial charge on any atom is -0.330 e. The van der Waals surface area contributed by atoms with Gasteiger partial charge in [-0.2, -0.15) is 0 Å². The molecule has 7 heteroatoms. The van der Waals surface area contributed by atoms with E-state index in [1.165, 1.54) is 10.6 Å². The number of fused-ring (bicyclic) bond motifs is 1. The lowest BCUT2D eigenvalue weighted by Crippen LogP contribution is -2.17. The molecule has 0 radical (unpaired) electrons. The van der Waals surface area contributed by atoms with Crippen LogP contribution in [0.3, 0.4) is 0 Å². The van der Waals surface area contributed by atoms with Gasteiger partial charge in [-0.15, -0.1) is 0 Å². The van der Waals surface area contributed by atoms with E-state index in [-0.39, 0.29) is 17.3 Å². The Kier molecular flexibility index (Phi) is 3.63. The molecule has 2 aromatic rings. The van der Waals surface area contributed by atoms with E-state index in [0.29, 0.717) is 10.3 Å². The lowest BCUT2D eigenvalue weighted by atomic mass is 10.3. The zero-order chi connectivity index (χ0) is 13.4. The zero-order valence-corrected chi connectivity index (χ0v) is 11.5. The molecule has 1 N–H and O–H groups in total. The number of hydrogen-bond acceptors (Lipinski definition) is 2. The highest BCUT2D eigenvalue weighted by Gasteiger charge is 2.16. The van der Waals surface area contributed by atoms with Crippen molar-refractivity contribution in [1.82, 2.24) is 9.55 Å². The van der Waals surface area contributed by atoms with Gasteiger partial charge in [0.15, 0.2) is 16.4 Å². The molecule has 1 aromatic carbocycles. The van der Waals surface area contributed by atoms with Crippen LogP contribution < -0.4 is 0 Å². The third kappa shape index (κ3) is 2.24. The van der Waals surface area contributed by atoms with Crippen molar-refractivity contribution in [3.05, 3.63) is 28.5 Å². The third-order valence-corrected chi connectivity index (χ3v) is 4.44. The summed E-state index contributed by atoms with van der Waals surface area (Å²) in [4.78, 5) is 2.81. The van der Waals surface area contributed by atoms with Gasteiger partial charge in [0.25, 0.3) is 0 Å². The zero-order valence-electron chi connectivity index (χ0n) is 9.87. The van der Waals surface area contributed by atoms with Crippen molar-refractivity contribution in [2.75, 3.05) is 6.26 Å². The van der Waals surface area contributed by atoms with Crippen LogP contribution in [-0.2, 0) is 17.3 Å². The Morgan fingerprint density at radius 1 is 1.50 bits per heavy atom. The molecule has 2 rings (SSSR count). The lowest BCUT2D eigenvalue weighted by molar-refractivity contribution is 0.510. The van der Waals surface area contributed by atoms with Gasteiger partial charge < -0.3 is 9.55 Å². The van der Waals surface area contributed by atoms with Gasteiger partial charge in [-0.05, 0) is 31.3 Å². The largest absolute Gasteiger partial charge is 0.330 e. The number of nitrogens with zero attached hydrogens (tertiary/aromatic N) is 1. The minimum atomic E-state index is -1.06. The van der Waals surface area contributed by atoms with E-state index in [2.05, 4.69) is 4.98 Å². The van der Waals surface area contributed by atoms with Crippen LogP contribution in [0.15, 0.2) is 12.1 Å². The highest BCUT2D eigenvalue weighted by atomic mass is 32.2. The molecule has 0 amide bonds. The van der Waals surface area contributed by atoms with Gasteiger partial charge in [0.1, 0.15) is 5.52 Å². The van der Waals surface area contributed by atoms with Crippen LogP contribution in [-0.4, -0.2) is 25.3 Å². The number of halogens is 2. The Morgan fingerprint density at radius 3 is 2.78 bits per heavy atom. The number of aromatic amines is 1. The molecule has 0 saturated carbocycles. The van der Waals surface area contributed by atoms with Crippen LogP contribution in [0.5, 0.6) is 0 Å². The summed E-state index contributed by atoms with van der Waals surface area (Å²) in [5, 5.41) is -0.196. The van der Waals surface area contributed by atoms with E-state index < -0.39 is 22.4 Å². The van der Waals surface area contributed by atoms with Gasteiger partial charge >= 0.3 is 0 Å². The van der Waals surface area contributed by atoms with Crippen LogP contribution in [0.1, 0.15) is 6.92 Å². The first-order chi connectivity index (χ1) is 8.41. The number of imidazole rings is 1. The van der Waals surface area contributed by atoms with Gasteiger partial charge in [-0.3, -0.25) is 4.21 Å². The van der Waals surface area contributed by atoms with Gasteiger partial charge in [-0.25, -0.2) is 8.78 Å². The Morgan fingerprint density at radius 2 is 2.17 bits per heavy atom. The second kappa shape index (κ2) is 4.89. The van der Waals surface area contributed by atoms with Crippen molar-refractivity contribution in [3.63, 3.8) is 0 Å². The van der Waals surface area contributed by atoms with Crippen LogP contribution >= 0.6 is 12.2 Å². The molecule has 0 fully saturated rings. The number of hydrogen-bond donors (Lipinski definition) is 1. The second-order valence-electron chi connectivity index (χ2n) is 4.11. The predicted molar refractivity (Wildman–Crippen MR) is 70.6 cm³/mol. The lowest BCUT2D eigenvalue weighted by Gasteiger charge is -2.10. The second-order valence-corrected chi connectivity index (χ2v) is 6.30. The first kappa shape index (κ1) is 13.4. The Labute approximate surface area is 110 Å². The average Bonchev–Trinajstić information content (AvgIpc) is 2.61. The first-order valence-corrected chi connectivity index (χ1v) is 7.33. The molecule has 0 spiro atoms. The molecule has 18 heavy (non-hydrogen) atoms. The smallest absolute Gasteiger partial charge is 0.184 e. The fourth-order valence-corrected chi connectivity index (χ4v) is 2.36. The summed E-state index contributed by atoms with van der Waals surface area (Å²) in [5.41, 5.74) is 0.533. The van der Waals surface area contributed by atoms with Crippen LogP contribution in [0, 0.1) is 16.4 Å². The summed E-state index contributed by atoms with van der Waals surface area (Å²) in [6.07, 6.45) is 1.57. The van der Waals surface area contributed by atoms with Gasteiger partial charge in [0.05, 0.1) is 5.52 Å². The fraction of sp³-hybridized carbons (Fsp3) is 0.364. The van der Waals surface area contributed by atoms with Crippen LogP contribution in [0.2, 0.25) is 0 Å². The summed E-state index contributed by atoms with van der Waals surface area (Å²) in [5.74, 6) is -1.86. The Hall–Kier alpha value is -1.08. The highest BCUT2D eigenvalue weighted by Crippen LogP contribution is 2.21. The average molecular weight is 290 g/mol. The molecule has 1 aromatic heterocycles. The molecule has 0 bridgehead atoms.